The van der Waals surface area contributed by atoms with Crippen molar-refractivity contribution in [3.8, 4) is 0 Å². The van der Waals surface area contributed by atoms with Crippen LogP contribution in [0, 0.1) is 5.92 Å². The molecule has 0 aromatic heterocycles. The molecule has 1 heterocycles. The molecular formula is C11H23N3O. The zero-order valence-electron chi connectivity index (χ0n) is 9.67. The highest BCUT2D eigenvalue weighted by Gasteiger charge is 2.24. The van der Waals surface area contributed by atoms with Crippen LogP contribution in [0.3, 0.4) is 0 Å². The smallest absolute Gasteiger partial charge is 0.224 e. The molecule has 0 aliphatic carbocycles. The molecule has 1 saturated heterocycles. The van der Waals surface area contributed by atoms with Gasteiger partial charge in [0.25, 0.3) is 0 Å². The van der Waals surface area contributed by atoms with Crippen molar-refractivity contribution in [3.63, 3.8) is 0 Å². The van der Waals surface area contributed by atoms with Gasteiger partial charge in [-0.05, 0) is 25.8 Å². The van der Waals surface area contributed by atoms with Crippen LogP contribution in [-0.4, -0.2) is 43.5 Å². The molecule has 0 saturated carbocycles. The molecule has 1 unspecified atom stereocenters. The molecular weight excluding hydrogens is 190 g/mol. The Balaban J connectivity index is 2.31. The van der Waals surface area contributed by atoms with Crippen LogP contribution in [0.25, 0.3) is 0 Å². The number of hydrogen-bond acceptors (Lipinski definition) is 3. The van der Waals surface area contributed by atoms with Gasteiger partial charge in [-0.2, -0.15) is 0 Å². The van der Waals surface area contributed by atoms with Crippen molar-refractivity contribution in [2.75, 3.05) is 32.7 Å². The lowest BCUT2D eigenvalue weighted by Crippen LogP contribution is -2.44. The summed E-state index contributed by atoms with van der Waals surface area (Å²) in [4.78, 5) is 14.0. The van der Waals surface area contributed by atoms with Gasteiger partial charge in [-0.25, -0.2) is 0 Å². The maximum absolute atomic E-state index is 11.7. The van der Waals surface area contributed by atoms with Gasteiger partial charge >= 0.3 is 0 Å². The van der Waals surface area contributed by atoms with Crippen LogP contribution in [-0.2, 0) is 4.79 Å². The minimum absolute atomic E-state index is 0.178. The number of amides is 1. The van der Waals surface area contributed by atoms with Crippen molar-refractivity contribution in [2.45, 2.75) is 26.2 Å². The summed E-state index contributed by atoms with van der Waals surface area (Å²) in [6, 6.07) is 0. The van der Waals surface area contributed by atoms with Crippen molar-refractivity contribution in [2.24, 2.45) is 11.7 Å². The quantitative estimate of drug-likeness (QED) is 0.685. The predicted octanol–water partition coefficient (Wildman–Crippen LogP) is 0.183. The van der Waals surface area contributed by atoms with Crippen molar-refractivity contribution in [1.29, 1.82) is 0 Å². The van der Waals surface area contributed by atoms with Gasteiger partial charge in [0.15, 0.2) is 0 Å². The summed E-state index contributed by atoms with van der Waals surface area (Å²) in [5.74, 6) is 0.399. The fourth-order valence-corrected chi connectivity index (χ4v) is 2.05. The Morgan fingerprint density at radius 1 is 1.60 bits per heavy atom. The third-order valence-corrected chi connectivity index (χ3v) is 2.87. The number of hydrogen-bond donors (Lipinski definition) is 2. The first-order valence-electron chi connectivity index (χ1n) is 5.98. The molecule has 1 fully saturated rings. The maximum Gasteiger partial charge on any atom is 0.224 e. The predicted molar refractivity (Wildman–Crippen MR) is 61.5 cm³/mol. The normalized spacial score (nSPS) is 22.7. The Hall–Kier alpha value is -0.610. The van der Waals surface area contributed by atoms with Crippen LogP contribution >= 0.6 is 0 Å². The van der Waals surface area contributed by atoms with E-state index in [-0.39, 0.29) is 11.8 Å². The van der Waals surface area contributed by atoms with E-state index in [9.17, 15) is 4.79 Å². The number of piperidine rings is 1. The molecule has 1 aliphatic rings. The van der Waals surface area contributed by atoms with Crippen LogP contribution < -0.4 is 11.1 Å². The minimum atomic E-state index is 0.178. The lowest BCUT2D eigenvalue weighted by Gasteiger charge is -2.31. The summed E-state index contributed by atoms with van der Waals surface area (Å²) < 4.78 is 0. The first-order valence-corrected chi connectivity index (χ1v) is 5.98. The largest absolute Gasteiger partial charge is 0.356 e. The highest BCUT2D eigenvalue weighted by atomic mass is 16.1. The molecule has 0 spiro atoms. The standard InChI is InChI=1S/C11H23N3O/c1-2-6-13-11(15)10-4-3-7-14(9-10)8-5-12/h10H,2-9,12H2,1H3,(H,13,15). The molecule has 1 rings (SSSR count). The molecule has 0 aromatic carbocycles. The number of carbonyl (C=O) groups excluding carboxylic acids is 1. The van der Waals surface area contributed by atoms with Gasteiger partial charge in [-0.1, -0.05) is 6.92 Å². The Morgan fingerprint density at radius 2 is 2.40 bits per heavy atom. The fourth-order valence-electron chi connectivity index (χ4n) is 2.05. The molecule has 1 aliphatic heterocycles. The van der Waals surface area contributed by atoms with E-state index < -0.39 is 0 Å². The number of nitrogens with two attached hydrogens (primary N) is 1. The Kier molecular flexibility index (Phi) is 5.65. The summed E-state index contributed by atoms with van der Waals surface area (Å²) in [6.45, 7) is 6.44. The summed E-state index contributed by atoms with van der Waals surface area (Å²) in [7, 11) is 0. The van der Waals surface area contributed by atoms with E-state index in [1.54, 1.807) is 0 Å². The third-order valence-electron chi connectivity index (χ3n) is 2.87. The van der Waals surface area contributed by atoms with E-state index in [2.05, 4.69) is 17.1 Å². The van der Waals surface area contributed by atoms with E-state index in [4.69, 9.17) is 5.73 Å². The van der Waals surface area contributed by atoms with Crippen LogP contribution in [0.4, 0.5) is 0 Å². The number of likely N-dealkylation sites (tertiary alicyclic amines) is 1. The zero-order valence-corrected chi connectivity index (χ0v) is 9.67. The van der Waals surface area contributed by atoms with E-state index in [1.165, 1.54) is 0 Å². The topological polar surface area (TPSA) is 58.4 Å². The first-order chi connectivity index (χ1) is 7.27. The highest BCUT2D eigenvalue weighted by Crippen LogP contribution is 2.15. The van der Waals surface area contributed by atoms with E-state index in [1.807, 2.05) is 0 Å². The van der Waals surface area contributed by atoms with E-state index >= 15 is 0 Å². The van der Waals surface area contributed by atoms with Crippen molar-refractivity contribution < 1.29 is 4.79 Å². The van der Waals surface area contributed by atoms with Crippen LogP contribution in [0.15, 0.2) is 0 Å². The Bertz CT molecular complexity index is 194. The average molecular weight is 213 g/mol. The Labute approximate surface area is 92.2 Å². The van der Waals surface area contributed by atoms with Crippen molar-refractivity contribution in [3.05, 3.63) is 0 Å². The number of carbonyl (C=O) groups is 1. The van der Waals surface area contributed by atoms with Gasteiger partial charge in [0.1, 0.15) is 0 Å². The molecule has 0 radical (unpaired) electrons. The van der Waals surface area contributed by atoms with Crippen molar-refractivity contribution >= 4 is 5.91 Å². The van der Waals surface area contributed by atoms with Gasteiger partial charge in [0, 0.05) is 26.2 Å². The molecule has 4 heteroatoms. The lowest BCUT2D eigenvalue weighted by molar-refractivity contribution is -0.126. The summed E-state index contributed by atoms with van der Waals surface area (Å²) >= 11 is 0. The molecule has 0 bridgehead atoms. The maximum atomic E-state index is 11.7. The van der Waals surface area contributed by atoms with Gasteiger partial charge in [0.2, 0.25) is 5.91 Å². The van der Waals surface area contributed by atoms with E-state index in [0.29, 0.717) is 6.54 Å². The summed E-state index contributed by atoms with van der Waals surface area (Å²) in [5, 5.41) is 2.97. The average Bonchev–Trinajstić information content (AvgIpc) is 2.27. The fraction of sp³-hybridized carbons (Fsp3) is 0.909. The molecule has 4 nitrogen and oxygen atoms in total. The van der Waals surface area contributed by atoms with Crippen LogP contribution in [0.1, 0.15) is 26.2 Å². The molecule has 1 atom stereocenters. The summed E-state index contributed by atoms with van der Waals surface area (Å²) in [6.07, 6.45) is 3.14. The second-order valence-electron chi connectivity index (χ2n) is 4.22. The highest BCUT2D eigenvalue weighted by molar-refractivity contribution is 5.78. The number of nitrogens with zero attached hydrogens (tertiary/aromatic N) is 1. The molecule has 88 valence electrons. The molecule has 0 aromatic rings. The lowest BCUT2D eigenvalue weighted by atomic mass is 9.97. The van der Waals surface area contributed by atoms with Crippen molar-refractivity contribution in [1.82, 2.24) is 10.2 Å². The minimum Gasteiger partial charge on any atom is -0.356 e. The van der Waals surface area contributed by atoms with Gasteiger partial charge in [-0.15, -0.1) is 0 Å². The first kappa shape index (κ1) is 12.5. The molecule has 15 heavy (non-hydrogen) atoms. The zero-order chi connectivity index (χ0) is 11.1. The second kappa shape index (κ2) is 6.80. The Morgan fingerprint density at radius 3 is 3.07 bits per heavy atom. The molecule has 1 amide bonds. The van der Waals surface area contributed by atoms with Gasteiger partial charge in [0.05, 0.1) is 5.92 Å². The molecule has 3 N–H and O–H groups in total. The summed E-state index contributed by atoms with van der Waals surface area (Å²) in [5.41, 5.74) is 5.52. The second-order valence-corrected chi connectivity index (χ2v) is 4.22. The number of rotatable bonds is 5. The monoisotopic (exact) mass is 213 g/mol. The van der Waals surface area contributed by atoms with Crippen LogP contribution in [0.2, 0.25) is 0 Å². The van der Waals surface area contributed by atoms with Gasteiger partial charge < -0.3 is 16.0 Å². The SMILES string of the molecule is CCCNC(=O)C1CCCN(CCN)C1. The van der Waals surface area contributed by atoms with Crippen LogP contribution in [0.5, 0.6) is 0 Å². The third kappa shape index (κ3) is 4.18. The van der Waals surface area contributed by atoms with E-state index in [0.717, 1.165) is 45.4 Å². The van der Waals surface area contributed by atoms with Gasteiger partial charge in [-0.3, -0.25) is 4.79 Å². The number of nitrogens with one attached hydrogen (secondary N) is 1.